The lowest BCUT2D eigenvalue weighted by molar-refractivity contribution is -0.131. The molecule has 2 aliphatic heterocycles. The van der Waals surface area contributed by atoms with Crippen LogP contribution in [0.5, 0.6) is 5.88 Å². The summed E-state index contributed by atoms with van der Waals surface area (Å²) >= 11 is 13.9. The van der Waals surface area contributed by atoms with Crippen LogP contribution in [0.1, 0.15) is 46.8 Å². The van der Waals surface area contributed by atoms with E-state index >= 15 is 0 Å². The predicted octanol–water partition coefficient (Wildman–Crippen LogP) is 4.67. The van der Waals surface area contributed by atoms with E-state index in [1.807, 2.05) is 23.1 Å². The van der Waals surface area contributed by atoms with E-state index in [2.05, 4.69) is 16.3 Å². The van der Waals surface area contributed by atoms with Gasteiger partial charge in [0.05, 0.1) is 28.5 Å². The van der Waals surface area contributed by atoms with Crippen LogP contribution in [0, 0.1) is 0 Å². The second-order valence-corrected chi connectivity index (χ2v) is 13.3. The van der Waals surface area contributed by atoms with Crippen molar-refractivity contribution in [3.63, 3.8) is 0 Å². The van der Waals surface area contributed by atoms with Gasteiger partial charge in [-0.05, 0) is 37.0 Å². The van der Waals surface area contributed by atoms with Crippen molar-refractivity contribution in [2.75, 3.05) is 32.1 Å². The van der Waals surface area contributed by atoms with E-state index in [1.165, 1.54) is 30.4 Å². The Morgan fingerprint density at radius 2 is 1.69 bits per heavy atom. The zero-order valence-corrected chi connectivity index (χ0v) is 28.3. The molecule has 0 radical (unpaired) electrons. The number of carbonyl (C=O) groups is 2. The number of methoxy groups -OCH3 is 1. The number of rotatable bonds is 6. The molecule has 2 saturated heterocycles. The fourth-order valence-corrected chi connectivity index (χ4v) is 7.94. The summed E-state index contributed by atoms with van der Waals surface area (Å²) in [6.07, 6.45) is 4.57. The highest BCUT2D eigenvalue weighted by Crippen LogP contribution is 2.46. The highest BCUT2D eigenvalue weighted by atomic mass is 35.5. The zero-order valence-electron chi connectivity index (χ0n) is 26.8. The summed E-state index contributed by atoms with van der Waals surface area (Å²) in [5.41, 5.74) is 3.69. The third-order valence-corrected chi connectivity index (χ3v) is 10.6. The van der Waals surface area contributed by atoms with Crippen molar-refractivity contribution >= 4 is 40.7 Å². The molecule has 0 bridgehead atoms. The van der Waals surface area contributed by atoms with Crippen LogP contribution in [0.2, 0.25) is 10.0 Å². The first-order valence-corrected chi connectivity index (χ1v) is 16.6. The molecule has 2 amide bonds. The molecule has 48 heavy (non-hydrogen) atoms. The zero-order chi connectivity index (χ0) is 33.9. The summed E-state index contributed by atoms with van der Waals surface area (Å²) in [4.78, 5) is 59.6. The van der Waals surface area contributed by atoms with Gasteiger partial charge in [-0.3, -0.25) is 23.9 Å². The van der Waals surface area contributed by atoms with Crippen molar-refractivity contribution < 1.29 is 14.3 Å². The van der Waals surface area contributed by atoms with Crippen LogP contribution in [0.3, 0.4) is 0 Å². The Hall–Kier alpha value is -4.45. The second-order valence-electron chi connectivity index (χ2n) is 12.5. The first-order chi connectivity index (χ1) is 23.1. The molecule has 248 valence electrons. The Labute approximate surface area is 286 Å². The number of aryl methyl sites for hydroxylation is 2. The third-order valence-electron chi connectivity index (χ3n) is 9.79. The Kier molecular flexibility index (Phi) is 8.39. The predicted molar refractivity (Wildman–Crippen MR) is 184 cm³/mol. The van der Waals surface area contributed by atoms with Crippen LogP contribution in [-0.2, 0) is 25.3 Å². The average molecular weight is 690 g/mol. The number of fused-ring (bicyclic) bond motifs is 2. The van der Waals surface area contributed by atoms with Crippen molar-refractivity contribution in [1.29, 1.82) is 0 Å². The molecule has 2 aromatic carbocycles. The topological polar surface area (TPSA) is 119 Å². The molecule has 0 spiro atoms. The van der Waals surface area contributed by atoms with Crippen LogP contribution in [0.15, 0.2) is 58.3 Å². The maximum atomic E-state index is 13.1. The first-order valence-electron chi connectivity index (χ1n) is 15.8. The molecule has 11 nitrogen and oxygen atoms in total. The molecule has 1 N–H and O–H groups in total. The van der Waals surface area contributed by atoms with E-state index in [1.54, 1.807) is 25.3 Å². The standard InChI is InChI=1S/C35H34Cl2N6O5/c1-40-18-24(34(46)41(2)35(40)47)32(45)38-25-9-5-7-22(31(25)37)21-6-4-8-23(30(21)36)26-16-19-10-12-27(29(19)33(39-26)48-3)42-14-15-43-20(17-42)11-13-28(43)44/h4-9,16,18,20,27H,10-15,17H2,1-3H3,(H,38,45)/t20-,27?/m1/s1. The van der Waals surface area contributed by atoms with Crippen LogP contribution in [0.4, 0.5) is 5.69 Å². The largest absolute Gasteiger partial charge is 0.481 e. The fourth-order valence-electron chi connectivity index (χ4n) is 7.34. The monoisotopic (exact) mass is 688 g/mol. The summed E-state index contributed by atoms with van der Waals surface area (Å²) in [5, 5.41) is 3.38. The van der Waals surface area contributed by atoms with Crippen molar-refractivity contribution in [2.24, 2.45) is 14.1 Å². The number of amides is 2. The Morgan fingerprint density at radius 3 is 2.46 bits per heavy atom. The maximum absolute atomic E-state index is 13.1. The van der Waals surface area contributed by atoms with Gasteiger partial charge in [-0.1, -0.05) is 53.5 Å². The lowest BCUT2D eigenvalue weighted by Gasteiger charge is -2.41. The minimum atomic E-state index is -0.713. The summed E-state index contributed by atoms with van der Waals surface area (Å²) < 4.78 is 7.93. The number of anilines is 1. The van der Waals surface area contributed by atoms with Crippen molar-refractivity contribution in [3.8, 4) is 28.3 Å². The molecule has 0 saturated carbocycles. The van der Waals surface area contributed by atoms with Gasteiger partial charge in [-0.25, -0.2) is 9.78 Å². The molecule has 4 heterocycles. The van der Waals surface area contributed by atoms with E-state index in [9.17, 15) is 19.2 Å². The molecule has 13 heteroatoms. The van der Waals surface area contributed by atoms with Gasteiger partial charge < -0.3 is 19.5 Å². The Bertz CT molecular complexity index is 2110. The Balaban J connectivity index is 1.19. The summed E-state index contributed by atoms with van der Waals surface area (Å²) in [6.45, 7) is 2.44. The molecule has 2 aromatic heterocycles. The maximum Gasteiger partial charge on any atom is 0.330 e. The van der Waals surface area contributed by atoms with E-state index in [0.717, 1.165) is 49.0 Å². The number of aromatic nitrogens is 3. The lowest BCUT2D eigenvalue weighted by Crippen LogP contribution is -2.52. The summed E-state index contributed by atoms with van der Waals surface area (Å²) in [6, 6.07) is 13.3. The lowest BCUT2D eigenvalue weighted by atomic mass is 9.99. The van der Waals surface area contributed by atoms with E-state index in [-0.39, 0.29) is 34.3 Å². The fraction of sp³-hybridized carbons (Fsp3) is 0.343. The average Bonchev–Trinajstić information content (AvgIpc) is 3.69. The van der Waals surface area contributed by atoms with Gasteiger partial charge in [0, 0.05) is 80.7 Å². The molecule has 3 aliphatic rings. The number of hydrogen-bond acceptors (Lipinski definition) is 7. The Morgan fingerprint density at radius 1 is 0.958 bits per heavy atom. The number of benzene rings is 2. The van der Waals surface area contributed by atoms with Crippen LogP contribution < -0.4 is 21.3 Å². The number of carbonyl (C=O) groups excluding carboxylic acids is 2. The summed E-state index contributed by atoms with van der Waals surface area (Å²) in [7, 11) is 4.42. The molecular weight excluding hydrogens is 655 g/mol. The number of piperazine rings is 1. The number of hydrogen-bond donors (Lipinski definition) is 1. The van der Waals surface area contributed by atoms with E-state index in [0.29, 0.717) is 39.7 Å². The number of halogens is 2. The number of pyridine rings is 1. The first kappa shape index (κ1) is 32.1. The second kappa shape index (κ2) is 12.5. The molecule has 2 atom stereocenters. The number of ether oxygens (including phenoxy) is 1. The minimum absolute atomic E-state index is 0.175. The quantitative estimate of drug-likeness (QED) is 0.313. The van der Waals surface area contributed by atoms with Gasteiger partial charge >= 0.3 is 5.69 Å². The number of nitrogens with one attached hydrogen (secondary N) is 1. The van der Waals surface area contributed by atoms with E-state index < -0.39 is 17.2 Å². The molecule has 4 aromatic rings. The molecular formula is C35H34Cl2N6O5. The number of nitrogens with zero attached hydrogens (tertiary/aromatic N) is 5. The van der Waals surface area contributed by atoms with Crippen LogP contribution in [0.25, 0.3) is 22.4 Å². The summed E-state index contributed by atoms with van der Waals surface area (Å²) in [5.74, 6) is 0.140. The highest BCUT2D eigenvalue weighted by Gasteiger charge is 2.40. The van der Waals surface area contributed by atoms with Gasteiger partial charge in [0.1, 0.15) is 5.56 Å². The SMILES string of the molecule is COc1nc(-c2cccc(-c3cccc(NC(=O)c4cn(C)c(=O)n(C)c4=O)c3Cl)c2Cl)cc2c1C(N1CCN3C(=O)CC[C@@H]3C1)CC2. The third kappa shape index (κ3) is 5.39. The molecule has 7 rings (SSSR count). The van der Waals surface area contributed by atoms with Gasteiger partial charge in [-0.15, -0.1) is 0 Å². The van der Waals surface area contributed by atoms with Gasteiger partial charge in [-0.2, -0.15) is 0 Å². The van der Waals surface area contributed by atoms with Crippen molar-refractivity contribution in [2.45, 2.75) is 37.8 Å². The smallest absolute Gasteiger partial charge is 0.330 e. The van der Waals surface area contributed by atoms with Crippen molar-refractivity contribution in [3.05, 3.63) is 96.2 Å². The van der Waals surface area contributed by atoms with Crippen LogP contribution in [-0.4, -0.2) is 68.5 Å². The molecule has 1 unspecified atom stereocenters. The van der Waals surface area contributed by atoms with Crippen molar-refractivity contribution in [1.82, 2.24) is 23.9 Å². The normalized spacial score (nSPS) is 18.9. The van der Waals surface area contributed by atoms with Crippen LogP contribution >= 0.6 is 23.2 Å². The molecule has 1 aliphatic carbocycles. The van der Waals surface area contributed by atoms with Gasteiger partial charge in [0.25, 0.3) is 11.5 Å². The minimum Gasteiger partial charge on any atom is -0.481 e. The highest BCUT2D eigenvalue weighted by molar-refractivity contribution is 6.39. The van der Waals surface area contributed by atoms with Gasteiger partial charge in [0.15, 0.2) is 0 Å². The van der Waals surface area contributed by atoms with Gasteiger partial charge in [0.2, 0.25) is 11.8 Å². The molecule has 2 fully saturated rings. The van der Waals surface area contributed by atoms with E-state index in [4.69, 9.17) is 32.9 Å².